The number of rotatable bonds is 10. The number of methoxy groups -OCH3 is 1. The Morgan fingerprint density at radius 2 is 1.81 bits per heavy atom. The normalized spacial score (nSPS) is 16.9. The molecule has 2 aromatic heterocycles. The van der Waals surface area contributed by atoms with Crippen molar-refractivity contribution in [2.24, 2.45) is 0 Å². The van der Waals surface area contributed by atoms with Crippen molar-refractivity contribution in [3.05, 3.63) is 47.3 Å². The van der Waals surface area contributed by atoms with E-state index in [2.05, 4.69) is 71.0 Å². The highest BCUT2D eigenvalue weighted by Crippen LogP contribution is 2.47. The standard InChI is InChI=1S/C36H53N7O4Si/c1-24-18-29(41-43(24)17-15-35(8,9)45-11)40-31-38-16-14-28(39-31)25-19-26(21-37)30-27(20-25)36(10,23-46-48(12,13)34(5,6)7)22-42(30)32(44)47-33(2,3)4/h14,16,18-20H,15,17,22-23H2,1-13H3,(H,38,39,40,41)/t36-/m1/s1. The summed E-state index contributed by atoms with van der Waals surface area (Å²) >= 11 is 0. The van der Waals surface area contributed by atoms with E-state index in [4.69, 9.17) is 24.0 Å². The Balaban J connectivity index is 1.71. The van der Waals surface area contributed by atoms with E-state index in [9.17, 15) is 10.1 Å². The number of nitriles is 1. The summed E-state index contributed by atoms with van der Waals surface area (Å²) in [6.45, 7) is 26.2. The van der Waals surface area contributed by atoms with Crippen LogP contribution in [0.15, 0.2) is 30.5 Å². The number of nitrogens with one attached hydrogen (secondary N) is 1. The van der Waals surface area contributed by atoms with Crippen LogP contribution >= 0.6 is 0 Å². The van der Waals surface area contributed by atoms with Gasteiger partial charge in [0.2, 0.25) is 5.95 Å². The zero-order valence-corrected chi connectivity index (χ0v) is 32.0. The topological polar surface area (TPSA) is 127 Å². The van der Waals surface area contributed by atoms with Crippen LogP contribution in [0.1, 0.15) is 85.6 Å². The van der Waals surface area contributed by atoms with Gasteiger partial charge in [-0.05, 0) is 89.9 Å². The summed E-state index contributed by atoms with van der Waals surface area (Å²) in [7, 11) is -0.417. The molecule has 12 heteroatoms. The lowest BCUT2D eigenvalue weighted by Gasteiger charge is -2.39. The van der Waals surface area contributed by atoms with Gasteiger partial charge in [0.25, 0.3) is 0 Å². The van der Waals surface area contributed by atoms with E-state index >= 15 is 0 Å². The first-order chi connectivity index (χ1) is 22.1. The Labute approximate surface area is 287 Å². The highest BCUT2D eigenvalue weighted by Gasteiger charge is 2.47. The molecular weight excluding hydrogens is 623 g/mol. The molecule has 0 unspecified atom stereocenters. The lowest BCUT2D eigenvalue weighted by Crippen LogP contribution is -2.46. The third kappa shape index (κ3) is 8.25. The van der Waals surface area contributed by atoms with Crippen LogP contribution in [-0.4, -0.2) is 65.6 Å². The van der Waals surface area contributed by atoms with Gasteiger partial charge in [-0.3, -0.25) is 9.58 Å². The number of anilines is 3. The highest BCUT2D eigenvalue weighted by atomic mass is 28.4. The number of nitrogens with zero attached hydrogens (tertiary/aromatic N) is 6. The van der Waals surface area contributed by atoms with Gasteiger partial charge in [0.15, 0.2) is 14.1 Å². The Morgan fingerprint density at radius 3 is 2.42 bits per heavy atom. The van der Waals surface area contributed by atoms with Crippen LogP contribution in [0.2, 0.25) is 18.1 Å². The minimum Gasteiger partial charge on any atom is -0.443 e. The lowest BCUT2D eigenvalue weighted by atomic mass is 9.83. The molecule has 260 valence electrons. The smallest absolute Gasteiger partial charge is 0.414 e. The van der Waals surface area contributed by atoms with Gasteiger partial charge in [0, 0.05) is 55.7 Å². The van der Waals surface area contributed by atoms with Crippen LogP contribution in [0.5, 0.6) is 0 Å². The second-order valence-electron chi connectivity index (χ2n) is 16.2. The maximum absolute atomic E-state index is 13.6. The number of amides is 1. The number of fused-ring (bicyclic) bond motifs is 1. The number of carbonyl (C=O) groups is 1. The average molecular weight is 676 g/mol. The molecule has 1 N–H and O–H groups in total. The molecule has 1 aromatic carbocycles. The molecule has 1 aliphatic rings. The van der Waals surface area contributed by atoms with Crippen LogP contribution in [0.25, 0.3) is 11.3 Å². The van der Waals surface area contributed by atoms with Crippen molar-refractivity contribution >= 4 is 31.9 Å². The zero-order valence-electron chi connectivity index (χ0n) is 31.0. The largest absolute Gasteiger partial charge is 0.443 e. The predicted octanol–water partition coefficient (Wildman–Crippen LogP) is 8.11. The van der Waals surface area contributed by atoms with Crippen molar-refractivity contribution in [3.8, 4) is 17.3 Å². The van der Waals surface area contributed by atoms with Crippen LogP contribution < -0.4 is 10.2 Å². The van der Waals surface area contributed by atoms with Crippen LogP contribution in [0.3, 0.4) is 0 Å². The van der Waals surface area contributed by atoms with Crippen molar-refractivity contribution in [1.82, 2.24) is 19.7 Å². The summed E-state index contributed by atoms with van der Waals surface area (Å²) in [5.74, 6) is 1.02. The minimum absolute atomic E-state index is 0.00849. The second kappa shape index (κ2) is 13.3. The Hall–Kier alpha value is -3.79. The van der Waals surface area contributed by atoms with E-state index in [1.807, 2.05) is 50.6 Å². The van der Waals surface area contributed by atoms with E-state index in [1.54, 1.807) is 24.3 Å². The molecule has 1 amide bonds. The van der Waals surface area contributed by atoms with Gasteiger partial charge in [-0.25, -0.2) is 14.8 Å². The number of carbonyl (C=O) groups excluding carboxylic acids is 1. The van der Waals surface area contributed by atoms with E-state index in [0.29, 0.717) is 48.4 Å². The molecule has 0 spiro atoms. The molecule has 1 aliphatic heterocycles. The van der Waals surface area contributed by atoms with Gasteiger partial charge < -0.3 is 19.2 Å². The number of benzene rings is 1. The Bertz CT molecular complexity index is 1700. The van der Waals surface area contributed by atoms with Crippen LogP contribution in [0.4, 0.5) is 22.2 Å². The summed E-state index contributed by atoms with van der Waals surface area (Å²) < 4.78 is 20.1. The number of aryl methyl sites for hydroxylation is 2. The van der Waals surface area contributed by atoms with Crippen LogP contribution in [0, 0.1) is 18.3 Å². The molecule has 11 nitrogen and oxygen atoms in total. The van der Waals surface area contributed by atoms with Gasteiger partial charge in [-0.1, -0.05) is 27.7 Å². The Kier molecular flexibility index (Phi) is 10.2. The van der Waals surface area contributed by atoms with E-state index in [-0.39, 0.29) is 10.6 Å². The minimum atomic E-state index is -2.13. The van der Waals surface area contributed by atoms with Gasteiger partial charge >= 0.3 is 6.09 Å². The number of ether oxygens (including phenoxy) is 2. The first-order valence-corrected chi connectivity index (χ1v) is 19.4. The quantitative estimate of drug-likeness (QED) is 0.212. The number of aromatic nitrogens is 4. The first kappa shape index (κ1) is 37.0. The van der Waals surface area contributed by atoms with Crippen molar-refractivity contribution in [2.75, 3.05) is 30.5 Å². The molecule has 0 bridgehead atoms. The molecule has 0 saturated carbocycles. The molecule has 1 atom stereocenters. The molecule has 48 heavy (non-hydrogen) atoms. The fraction of sp³-hybridized carbons (Fsp3) is 0.583. The van der Waals surface area contributed by atoms with Gasteiger partial charge in [-0.15, -0.1) is 0 Å². The third-order valence-corrected chi connectivity index (χ3v) is 14.0. The van der Waals surface area contributed by atoms with E-state index < -0.39 is 25.4 Å². The maximum atomic E-state index is 13.6. The molecular formula is C36H53N7O4Si. The van der Waals surface area contributed by atoms with Crippen molar-refractivity contribution in [2.45, 2.75) is 117 Å². The predicted molar refractivity (Wildman–Crippen MR) is 192 cm³/mol. The average Bonchev–Trinajstić information content (AvgIpc) is 3.49. The monoisotopic (exact) mass is 675 g/mol. The van der Waals surface area contributed by atoms with E-state index in [1.165, 1.54) is 0 Å². The molecule has 4 rings (SSSR count). The zero-order chi connectivity index (χ0) is 35.9. The third-order valence-electron chi connectivity index (χ3n) is 9.48. The van der Waals surface area contributed by atoms with Gasteiger partial charge in [0.05, 0.1) is 22.5 Å². The van der Waals surface area contributed by atoms with Crippen molar-refractivity contribution in [1.29, 1.82) is 5.26 Å². The SMILES string of the molecule is COC(C)(C)CCn1nc(Nc2nccc(-c3cc(C#N)c4c(c3)[C@@](C)(CO[Si](C)(C)C(C)(C)C)CN4C(=O)OC(C)(C)C)n2)cc1C. The van der Waals surface area contributed by atoms with Gasteiger partial charge in [0.1, 0.15) is 11.7 Å². The summed E-state index contributed by atoms with van der Waals surface area (Å²) in [6.07, 6.45) is 2.00. The van der Waals surface area contributed by atoms with Crippen molar-refractivity contribution < 1.29 is 18.7 Å². The molecule has 3 aromatic rings. The Morgan fingerprint density at radius 1 is 1.12 bits per heavy atom. The lowest BCUT2D eigenvalue weighted by molar-refractivity contribution is 0.0112. The summed E-state index contributed by atoms with van der Waals surface area (Å²) in [4.78, 5) is 24.4. The van der Waals surface area contributed by atoms with Gasteiger partial charge in [-0.2, -0.15) is 10.4 Å². The van der Waals surface area contributed by atoms with Crippen molar-refractivity contribution in [3.63, 3.8) is 0 Å². The highest BCUT2D eigenvalue weighted by molar-refractivity contribution is 6.74. The maximum Gasteiger partial charge on any atom is 0.414 e. The number of hydrogen-bond donors (Lipinski definition) is 1. The fourth-order valence-corrected chi connectivity index (χ4v) is 6.37. The summed E-state index contributed by atoms with van der Waals surface area (Å²) in [5.41, 5.74) is 2.61. The summed E-state index contributed by atoms with van der Waals surface area (Å²) in [6, 6.07) is 9.92. The summed E-state index contributed by atoms with van der Waals surface area (Å²) in [5, 5.41) is 18.4. The fourth-order valence-electron chi connectivity index (χ4n) is 5.25. The van der Waals surface area contributed by atoms with Crippen LogP contribution in [-0.2, 0) is 25.9 Å². The molecule has 0 saturated heterocycles. The second-order valence-corrected chi connectivity index (χ2v) is 21.0. The molecule has 0 aliphatic carbocycles. The molecule has 0 fully saturated rings. The van der Waals surface area contributed by atoms with E-state index in [0.717, 1.165) is 23.2 Å². The number of hydrogen-bond acceptors (Lipinski definition) is 9. The first-order valence-electron chi connectivity index (χ1n) is 16.5. The molecule has 3 heterocycles. The molecule has 0 radical (unpaired) electrons.